The van der Waals surface area contributed by atoms with E-state index in [0.29, 0.717) is 5.75 Å². The van der Waals surface area contributed by atoms with Gasteiger partial charge in [0.25, 0.3) is 0 Å². The van der Waals surface area contributed by atoms with E-state index in [0.717, 1.165) is 19.5 Å². The second kappa shape index (κ2) is 8.14. The average Bonchev–Trinajstić information content (AvgIpc) is 2.35. The summed E-state index contributed by atoms with van der Waals surface area (Å²) in [6.45, 7) is 3.65. The molecular formula is C13H20N2OS. The summed E-state index contributed by atoms with van der Waals surface area (Å²) in [5.41, 5.74) is 1.24. The molecule has 0 spiro atoms. The van der Waals surface area contributed by atoms with Gasteiger partial charge in [-0.3, -0.25) is 4.79 Å². The number of benzene rings is 1. The number of amides is 1. The first kappa shape index (κ1) is 14.1. The zero-order valence-corrected chi connectivity index (χ0v) is 11.3. The molecule has 2 N–H and O–H groups in total. The lowest BCUT2D eigenvalue weighted by Crippen LogP contribution is -2.25. The van der Waals surface area contributed by atoms with Crippen LogP contribution in [-0.2, 0) is 11.3 Å². The Balaban J connectivity index is 2.47. The Morgan fingerprint density at radius 1 is 1.35 bits per heavy atom. The molecule has 4 heteroatoms. The van der Waals surface area contributed by atoms with E-state index in [-0.39, 0.29) is 5.91 Å². The van der Waals surface area contributed by atoms with E-state index in [1.807, 2.05) is 19.2 Å². The predicted molar refractivity (Wildman–Crippen MR) is 73.2 cm³/mol. The van der Waals surface area contributed by atoms with Crippen LogP contribution in [0, 0.1) is 0 Å². The zero-order chi connectivity index (χ0) is 12.5. The van der Waals surface area contributed by atoms with Crippen LogP contribution in [0.25, 0.3) is 0 Å². The molecule has 0 atom stereocenters. The Morgan fingerprint density at radius 2 is 2.12 bits per heavy atom. The third-order valence-corrected chi connectivity index (χ3v) is 3.39. The van der Waals surface area contributed by atoms with Crippen LogP contribution in [-0.4, -0.2) is 25.3 Å². The van der Waals surface area contributed by atoms with Crippen molar-refractivity contribution in [2.24, 2.45) is 0 Å². The summed E-state index contributed by atoms with van der Waals surface area (Å²) < 4.78 is 0. The summed E-state index contributed by atoms with van der Waals surface area (Å²) in [6, 6.07) is 8.17. The van der Waals surface area contributed by atoms with Gasteiger partial charge in [-0.15, -0.1) is 11.8 Å². The molecule has 1 aromatic rings. The minimum Gasteiger partial charge on any atom is -0.355 e. The van der Waals surface area contributed by atoms with Crippen LogP contribution >= 0.6 is 11.8 Å². The fourth-order valence-corrected chi connectivity index (χ4v) is 2.33. The molecule has 1 amide bonds. The molecule has 17 heavy (non-hydrogen) atoms. The number of hydrogen-bond acceptors (Lipinski definition) is 3. The molecule has 0 aromatic heterocycles. The fraction of sp³-hybridized carbons (Fsp3) is 0.462. The van der Waals surface area contributed by atoms with Crippen molar-refractivity contribution in [3.8, 4) is 0 Å². The van der Waals surface area contributed by atoms with Crippen LogP contribution in [0.2, 0.25) is 0 Å². The second-order valence-corrected chi connectivity index (χ2v) is 4.79. The Labute approximate surface area is 107 Å². The SMILES string of the molecule is CCCNC(=O)CSc1ccccc1CNC. The lowest BCUT2D eigenvalue weighted by Gasteiger charge is -2.08. The van der Waals surface area contributed by atoms with Gasteiger partial charge in [0.1, 0.15) is 0 Å². The van der Waals surface area contributed by atoms with Crippen LogP contribution in [0.5, 0.6) is 0 Å². The van der Waals surface area contributed by atoms with Gasteiger partial charge in [-0.2, -0.15) is 0 Å². The molecule has 0 fully saturated rings. The van der Waals surface area contributed by atoms with E-state index in [1.165, 1.54) is 10.5 Å². The summed E-state index contributed by atoms with van der Waals surface area (Å²) in [5.74, 6) is 0.594. The van der Waals surface area contributed by atoms with Crippen LogP contribution in [0.15, 0.2) is 29.2 Å². The van der Waals surface area contributed by atoms with E-state index in [2.05, 4.69) is 29.7 Å². The Bertz CT molecular complexity index is 355. The summed E-state index contributed by atoms with van der Waals surface area (Å²) in [5, 5.41) is 6.01. The number of nitrogens with one attached hydrogen (secondary N) is 2. The van der Waals surface area contributed by atoms with Crippen LogP contribution in [0.4, 0.5) is 0 Å². The predicted octanol–water partition coefficient (Wildman–Crippen LogP) is 2.02. The topological polar surface area (TPSA) is 41.1 Å². The van der Waals surface area contributed by atoms with Gasteiger partial charge in [-0.1, -0.05) is 25.1 Å². The molecule has 0 saturated heterocycles. The highest BCUT2D eigenvalue weighted by Gasteiger charge is 2.05. The minimum atomic E-state index is 0.108. The van der Waals surface area contributed by atoms with Crippen LogP contribution in [0.1, 0.15) is 18.9 Å². The van der Waals surface area contributed by atoms with Gasteiger partial charge in [-0.05, 0) is 25.1 Å². The Morgan fingerprint density at radius 3 is 2.82 bits per heavy atom. The van der Waals surface area contributed by atoms with E-state index >= 15 is 0 Å². The van der Waals surface area contributed by atoms with Gasteiger partial charge < -0.3 is 10.6 Å². The largest absolute Gasteiger partial charge is 0.355 e. The molecule has 0 radical (unpaired) electrons. The first-order chi connectivity index (χ1) is 8.27. The Hall–Kier alpha value is -1.00. The first-order valence-electron chi connectivity index (χ1n) is 5.90. The minimum absolute atomic E-state index is 0.108. The average molecular weight is 252 g/mol. The van der Waals surface area contributed by atoms with Crippen molar-refractivity contribution >= 4 is 17.7 Å². The van der Waals surface area contributed by atoms with Gasteiger partial charge in [-0.25, -0.2) is 0 Å². The molecule has 1 aromatic carbocycles. The molecule has 0 aliphatic heterocycles. The zero-order valence-electron chi connectivity index (χ0n) is 10.5. The highest BCUT2D eigenvalue weighted by Crippen LogP contribution is 2.22. The van der Waals surface area contributed by atoms with E-state index in [1.54, 1.807) is 11.8 Å². The molecule has 0 unspecified atom stereocenters. The maximum absolute atomic E-state index is 11.5. The first-order valence-corrected chi connectivity index (χ1v) is 6.88. The number of carbonyl (C=O) groups excluding carboxylic acids is 1. The lowest BCUT2D eigenvalue weighted by molar-refractivity contribution is -0.118. The number of carbonyl (C=O) groups is 1. The molecule has 0 aliphatic carbocycles. The normalized spacial score (nSPS) is 10.2. The molecule has 3 nitrogen and oxygen atoms in total. The Kier molecular flexibility index (Phi) is 6.74. The molecule has 0 bridgehead atoms. The van der Waals surface area contributed by atoms with Crippen molar-refractivity contribution < 1.29 is 4.79 Å². The van der Waals surface area contributed by atoms with Crippen LogP contribution < -0.4 is 10.6 Å². The summed E-state index contributed by atoms with van der Waals surface area (Å²) in [7, 11) is 1.93. The highest BCUT2D eigenvalue weighted by atomic mass is 32.2. The molecule has 0 heterocycles. The third-order valence-electron chi connectivity index (χ3n) is 2.27. The van der Waals surface area contributed by atoms with Crippen molar-refractivity contribution in [1.82, 2.24) is 10.6 Å². The maximum atomic E-state index is 11.5. The van der Waals surface area contributed by atoms with E-state index < -0.39 is 0 Å². The van der Waals surface area contributed by atoms with Gasteiger partial charge in [0, 0.05) is 18.0 Å². The molecule has 0 aliphatic rings. The second-order valence-electron chi connectivity index (χ2n) is 3.78. The summed E-state index contributed by atoms with van der Waals surface area (Å²) >= 11 is 1.59. The van der Waals surface area contributed by atoms with Crippen molar-refractivity contribution in [3.63, 3.8) is 0 Å². The van der Waals surface area contributed by atoms with E-state index in [4.69, 9.17) is 0 Å². The van der Waals surface area contributed by atoms with Gasteiger partial charge >= 0.3 is 0 Å². The van der Waals surface area contributed by atoms with Crippen molar-refractivity contribution in [3.05, 3.63) is 29.8 Å². The fourth-order valence-electron chi connectivity index (χ4n) is 1.44. The van der Waals surface area contributed by atoms with E-state index in [9.17, 15) is 4.79 Å². The highest BCUT2D eigenvalue weighted by molar-refractivity contribution is 8.00. The number of hydrogen-bond donors (Lipinski definition) is 2. The number of thioether (sulfide) groups is 1. The summed E-state index contributed by atoms with van der Waals surface area (Å²) in [6.07, 6.45) is 0.979. The van der Waals surface area contributed by atoms with Gasteiger partial charge in [0.05, 0.1) is 5.75 Å². The van der Waals surface area contributed by atoms with Crippen LogP contribution in [0.3, 0.4) is 0 Å². The third kappa shape index (κ3) is 5.24. The monoisotopic (exact) mass is 252 g/mol. The standard InChI is InChI=1S/C13H20N2OS/c1-3-8-15-13(16)10-17-12-7-5-4-6-11(12)9-14-2/h4-7,14H,3,8-10H2,1-2H3,(H,15,16). The van der Waals surface area contributed by atoms with Crippen molar-refractivity contribution in [1.29, 1.82) is 0 Å². The van der Waals surface area contributed by atoms with Crippen molar-refractivity contribution in [2.45, 2.75) is 24.8 Å². The molecule has 1 rings (SSSR count). The van der Waals surface area contributed by atoms with Gasteiger partial charge in [0.15, 0.2) is 0 Å². The molecule has 94 valence electrons. The lowest BCUT2D eigenvalue weighted by atomic mass is 10.2. The number of rotatable bonds is 7. The quantitative estimate of drug-likeness (QED) is 0.730. The smallest absolute Gasteiger partial charge is 0.230 e. The maximum Gasteiger partial charge on any atom is 0.230 e. The molecular weight excluding hydrogens is 232 g/mol. The van der Waals surface area contributed by atoms with Gasteiger partial charge in [0.2, 0.25) is 5.91 Å². The summed E-state index contributed by atoms with van der Waals surface area (Å²) in [4.78, 5) is 12.7. The van der Waals surface area contributed by atoms with Crippen molar-refractivity contribution in [2.75, 3.05) is 19.3 Å². The molecule has 0 saturated carbocycles.